The summed E-state index contributed by atoms with van der Waals surface area (Å²) in [6, 6.07) is 4.51. The van der Waals surface area contributed by atoms with Gasteiger partial charge >= 0.3 is 6.18 Å². The lowest BCUT2D eigenvalue weighted by atomic mass is 10.0. The molecule has 1 aromatic heterocycles. The van der Waals surface area contributed by atoms with Crippen LogP contribution in [0.1, 0.15) is 46.0 Å². The molecule has 0 amide bonds. The minimum atomic E-state index is -4.31. The van der Waals surface area contributed by atoms with Gasteiger partial charge in [-0.25, -0.2) is 4.98 Å². The van der Waals surface area contributed by atoms with Gasteiger partial charge in [0.15, 0.2) is 5.13 Å². The fraction of sp³-hybridized carbons (Fsp3) is 0.400. The Morgan fingerprint density at radius 1 is 1.33 bits per heavy atom. The highest BCUT2D eigenvalue weighted by Crippen LogP contribution is 2.44. The van der Waals surface area contributed by atoms with Gasteiger partial charge in [-0.3, -0.25) is 0 Å². The van der Waals surface area contributed by atoms with Crippen molar-refractivity contribution in [2.45, 2.75) is 38.3 Å². The third kappa shape index (κ3) is 3.05. The summed E-state index contributed by atoms with van der Waals surface area (Å²) in [5.74, 6) is 0.445. The van der Waals surface area contributed by atoms with Gasteiger partial charge in [0, 0.05) is 17.2 Å². The van der Waals surface area contributed by atoms with E-state index in [9.17, 15) is 13.2 Å². The van der Waals surface area contributed by atoms with E-state index in [1.54, 1.807) is 6.07 Å². The highest BCUT2D eigenvalue weighted by molar-refractivity contribution is 7.15. The molecule has 1 fully saturated rings. The summed E-state index contributed by atoms with van der Waals surface area (Å²) >= 11 is 1.38. The Labute approximate surface area is 124 Å². The number of thiazole rings is 1. The summed E-state index contributed by atoms with van der Waals surface area (Å²) in [5.41, 5.74) is 7.06. The molecule has 3 rings (SSSR count). The molecule has 6 heteroatoms. The number of nitrogen functional groups attached to an aromatic ring is 1. The summed E-state index contributed by atoms with van der Waals surface area (Å²) < 4.78 is 38.9. The summed E-state index contributed by atoms with van der Waals surface area (Å²) in [6.07, 6.45) is -1.66. The van der Waals surface area contributed by atoms with Crippen LogP contribution in [0.25, 0.3) is 0 Å². The van der Waals surface area contributed by atoms with Crippen LogP contribution in [0.15, 0.2) is 18.2 Å². The molecular formula is C15H15F3N2S. The molecule has 0 aliphatic heterocycles. The van der Waals surface area contributed by atoms with E-state index in [1.807, 2.05) is 0 Å². The van der Waals surface area contributed by atoms with Gasteiger partial charge in [0.25, 0.3) is 0 Å². The molecule has 2 nitrogen and oxygen atoms in total. The average molecular weight is 312 g/mol. The van der Waals surface area contributed by atoms with Crippen molar-refractivity contribution in [1.29, 1.82) is 0 Å². The predicted octanol–water partition coefficient (Wildman–Crippen LogP) is 4.52. The number of aryl methyl sites for hydroxylation is 1. The lowest BCUT2D eigenvalue weighted by Gasteiger charge is -2.12. The van der Waals surface area contributed by atoms with Crippen molar-refractivity contribution < 1.29 is 13.2 Å². The summed E-state index contributed by atoms with van der Waals surface area (Å²) in [6.45, 7) is 1.48. The Morgan fingerprint density at radius 3 is 2.67 bits per heavy atom. The smallest absolute Gasteiger partial charge is 0.375 e. The maximum absolute atomic E-state index is 13.0. The molecule has 1 aliphatic carbocycles. The van der Waals surface area contributed by atoms with E-state index >= 15 is 0 Å². The number of halogens is 3. The van der Waals surface area contributed by atoms with Gasteiger partial charge < -0.3 is 5.73 Å². The van der Waals surface area contributed by atoms with E-state index < -0.39 is 11.7 Å². The summed E-state index contributed by atoms with van der Waals surface area (Å²) in [5, 5.41) is 0.495. The fourth-order valence-corrected chi connectivity index (χ4v) is 3.41. The molecule has 0 unspecified atom stereocenters. The van der Waals surface area contributed by atoms with E-state index in [4.69, 9.17) is 5.73 Å². The van der Waals surface area contributed by atoms with Gasteiger partial charge in [0.1, 0.15) is 0 Å². The molecule has 0 saturated heterocycles. The number of nitrogens with zero attached hydrogens (tertiary/aromatic N) is 1. The second-order valence-corrected chi connectivity index (χ2v) is 6.57. The van der Waals surface area contributed by atoms with Gasteiger partial charge in [0.05, 0.1) is 11.3 Å². The van der Waals surface area contributed by atoms with Crippen LogP contribution in [0.3, 0.4) is 0 Å². The first-order chi connectivity index (χ1) is 9.84. The zero-order valence-corrected chi connectivity index (χ0v) is 12.3. The molecule has 2 N–H and O–H groups in total. The Morgan fingerprint density at radius 2 is 2.05 bits per heavy atom. The maximum atomic E-state index is 13.0. The van der Waals surface area contributed by atoms with Crippen molar-refractivity contribution in [3.63, 3.8) is 0 Å². The van der Waals surface area contributed by atoms with E-state index in [-0.39, 0.29) is 5.56 Å². The lowest BCUT2D eigenvalue weighted by Crippen LogP contribution is -2.08. The third-order valence-electron chi connectivity index (χ3n) is 3.68. The van der Waals surface area contributed by atoms with Crippen LogP contribution in [0.4, 0.5) is 18.3 Å². The normalized spacial score (nSPS) is 15.4. The molecule has 1 aliphatic rings. The van der Waals surface area contributed by atoms with Crippen LogP contribution in [-0.4, -0.2) is 4.98 Å². The average Bonchev–Trinajstić information content (AvgIpc) is 3.15. The van der Waals surface area contributed by atoms with Gasteiger partial charge in [-0.2, -0.15) is 13.2 Å². The number of nitrogens with two attached hydrogens (primary N) is 1. The monoisotopic (exact) mass is 312 g/mol. The molecule has 21 heavy (non-hydrogen) atoms. The Hall–Kier alpha value is -1.56. The number of alkyl halides is 3. The van der Waals surface area contributed by atoms with Crippen molar-refractivity contribution in [3.05, 3.63) is 45.5 Å². The van der Waals surface area contributed by atoms with Gasteiger partial charge in [-0.15, -0.1) is 11.3 Å². The van der Waals surface area contributed by atoms with Gasteiger partial charge in [-0.1, -0.05) is 12.1 Å². The van der Waals surface area contributed by atoms with Crippen LogP contribution in [0.5, 0.6) is 0 Å². The zero-order valence-electron chi connectivity index (χ0n) is 11.5. The molecule has 1 heterocycles. The van der Waals surface area contributed by atoms with Gasteiger partial charge in [0.2, 0.25) is 0 Å². The largest absolute Gasteiger partial charge is 0.416 e. The fourth-order valence-electron chi connectivity index (χ4n) is 2.45. The molecule has 0 spiro atoms. The van der Waals surface area contributed by atoms with Gasteiger partial charge in [-0.05, 0) is 37.0 Å². The summed E-state index contributed by atoms with van der Waals surface area (Å²) in [7, 11) is 0. The Balaban J connectivity index is 1.92. The van der Waals surface area contributed by atoms with Crippen molar-refractivity contribution >= 4 is 16.5 Å². The molecule has 0 radical (unpaired) electrons. The first-order valence-electron chi connectivity index (χ1n) is 6.76. The number of aromatic nitrogens is 1. The van der Waals surface area contributed by atoms with Crippen LogP contribution in [-0.2, 0) is 12.6 Å². The summed E-state index contributed by atoms with van der Waals surface area (Å²) in [4.78, 5) is 5.32. The SMILES string of the molecule is Cc1ccc(Cc2sc(N)nc2C2CC2)cc1C(F)(F)F. The van der Waals surface area contributed by atoms with Crippen LogP contribution >= 0.6 is 11.3 Å². The highest BCUT2D eigenvalue weighted by atomic mass is 32.1. The molecule has 1 aromatic carbocycles. The minimum absolute atomic E-state index is 0.248. The van der Waals surface area contributed by atoms with E-state index in [0.717, 1.165) is 23.4 Å². The molecule has 0 bridgehead atoms. The predicted molar refractivity (Wildman–Crippen MR) is 77.5 cm³/mol. The number of benzene rings is 1. The Kier molecular flexibility index (Phi) is 3.43. The molecular weight excluding hydrogens is 297 g/mol. The first-order valence-corrected chi connectivity index (χ1v) is 7.58. The molecule has 0 atom stereocenters. The molecule has 1 saturated carbocycles. The topological polar surface area (TPSA) is 38.9 Å². The molecule has 112 valence electrons. The number of hydrogen-bond donors (Lipinski definition) is 1. The number of rotatable bonds is 3. The first kappa shape index (κ1) is 14.4. The number of hydrogen-bond acceptors (Lipinski definition) is 3. The van der Waals surface area contributed by atoms with Crippen LogP contribution in [0.2, 0.25) is 0 Å². The standard InChI is InChI=1S/C15H15F3N2S/c1-8-2-3-9(6-11(8)15(16,17)18)7-12-13(10-4-5-10)20-14(19)21-12/h2-3,6,10H,4-5,7H2,1H3,(H2,19,20). The van der Waals surface area contributed by atoms with Crippen LogP contribution < -0.4 is 5.73 Å². The zero-order chi connectivity index (χ0) is 15.2. The van der Waals surface area contributed by atoms with E-state index in [2.05, 4.69) is 4.98 Å². The van der Waals surface area contributed by atoms with Crippen LogP contribution in [0, 0.1) is 6.92 Å². The van der Waals surface area contributed by atoms with Crippen molar-refractivity contribution in [2.24, 2.45) is 0 Å². The van der Waals surface area contributed by atoms with Crippen molar-refractivity contribution in [2.75, 3.05) is 5.73 Å². The number of anilines is 1. The van der Waals surface area contributed by atoms with E-state index in [1.165, 1.54) is 30.4 Å². The maximum Gasteiger partial charge on any atom is 0.416 e. The Bertz CT molecular complexity index is 672. The highest BCUT2D eigenvalue weighted by Gasteiger charge is 2.33. The lowest BCUT2D eigenvalue weighted by molar-refractivity contribution is -0.138. The minimum Gasteiger partial charge on any atom is -0.375 e. The van der Waals surface area contributed by atoms with Crippen molar-refractivity contribution in [3.8, 4) is 0 Å². The third-order valence-corrected chi connectivity index (χ3v) is 4.58. The quantitative estimate of drug-likeness (QED) is 0.905. The molecule has 2 aromatic rings. The second kappa shape index (κ2) is 5.02. The second-order valence-electron chi connectivity index (χ2n) is 5.46. The van der Waals surface area contributed by atoms with E-state index in [0.29, 0.717) is 23.0 Å². The van der Waals surface area contributed by atoms with Crippen molar-refractivity contribution in [1.82, 2.24) is 4.98 Å².